The van der Waals surface area contributed by atoms with E-state index in [1.54, 1.807) is 6.20 Å². The molecule has 0 bridgehead atoms. The summed E-state index contributed by atoms with van der Waals surface area (Å²) in [6.45, 7) is 8.49. The number of nitrogens with two attached hydrogens (primary N) is 1. The van der Waals surface area contributed by atoms with Crippen LogP contribution in [0.5, 0.6) is 11.5 Å². The fourth-order valence-electron chi connectivity index (χ4n) is 1.88. The standard InChI is InChI=1S/C17H22N2O/c1-12(18)16-10-9-15(11-19-16)20-14-7-5-13(6-8-14)17(2,3)4/h5-12H,18H2,1-4H3/t12-/m1/s1. The molecule has 1 heterocycles. The van der Waals surface area contributed by atoms with Gasteiger partial charge in [-0.15, -0.1) is 0 Å². The number of benzene rings is 1. The molecule has 3 nitrogen and oxygen atoms in total. The molecule has 106 valence electrons. The van der Waals surface area contributed by atoms with Gasteiger partial charge in [0.2, 0.25) is 0 Å². The molecule has 1 atom stereocenters. The van der Waals surface area contributed by atoms with Crippen LogP contribution in [0.15, 0.2) is 42.6 Å². The van der Waals surface area contributed by atoms with Gasteiger partial charge in [-0.3, -0.25) is 4.98 Å². The fraction of sp³-hybridized carbons (Fsp3) is 0.353. The molecule has 1 aromatic carbocycles. The molecule has 2 N–H and O–H groups in total. The molecule has 0 aliphatic heterocycles. The van der Waals surface area contributed by atoms with Gasteiger partial charge < -0.3 is 10.5 Å². The van der Waals surface area contributed by atoms with E-state index in [9.17, 15) is 0 Å². The Hall–Kier alpha value is -1.87. The first kappa shape index (κ1) is 14.5. The van der Waals surface area contributed by atoms with Gasteiger partial charge in [0.25, 0.3) is 0 Å². The lowest BCUT2D eigenvalue weighted by atomic mass is 9.87. The maximum absolute atomic E-state index is 5.78. The zero-order valence-electron chi connectivity index (χ0n) is 12.6. The Morgan fingerprint density at radius 2 is 1.60 bits per heavy atom. The quantitative estimate of drug-likeness (QED) is 0.909. The molecular formula is C17H22N2O. The summed E-state index contributed by atoms with van der Waals surface area (Å²) in [5.41, 5.74) is 8.07. The topological polar surface area (TPSA) is 48.1 Å². The van der Waals surface area contributed by atoms with E-state index in [0.29, 0.717) is 0 Å². The summed E-state index contributed by atoms with van der Waals surface area (Å²) in [5, 5.41) is 0. The minimum absolute atomic E-state index is 0.0601. The Morgan fingerprint density at radius 3 is 2.05 bits per heavy atom. The van der Waals surface area contributed by atoms with Gasteiger partial charge in [-0.1, -0.05) is 32.9 Å². The smallest absolute Gasteiger partial charge is 0.145 e. The van der Waals surface area contributed by atoms with E-state index < -0.39 is 0 Å². The predicted molar refractivity (Wildman–Crippen MR) is 82.1 cm³/mol. The normalized spacial score (nSPS) is 13.1. The first-order chi connectivity index (χ1) is 9.36. The summed E-state index contributed by atoms with van der Waals surface area (Å²) < 4.78 is 5.78. The first-order valence-electron chi connectivity index (χ1n) is 6.86. The molecule has 0 saturated carbocycles. The summed E-state index contributed by atoms with van der Waals surface area (Å²) >= 11 is 0. The molecule has 0 amide bonds. The highest BCUT2D eigenvalue weighted by atomic mass is 16.5. The van der Waals surface area contributed by atoms with Crippen molar-refractivity contribution in [2.24, 2.45) is 5.73 Å². The van der Waals surface area contributed by atoms with Gasteiger partial charge in [0, 0.05) is 6.04 Å². The lowest BCUT2D eigenvalue weighted by Gasteiger charge is -2.19. The van der Waals surface area contributed by atoms with Crippen molar-refractivity contribution in [3.63, 3.8) is 0 Å². The highest BCUT2D eigenvalue weighted by Crippen LogP contribution is 2.26. The first-order valence-corrected chi connectivity index (χ1v) is 6.86. The van der Waals surface area contributed by atoms with Crippen molar-refractivity contribution in [3.8, 4) is 11.5 Å². The molecule has 20 heavy (non-hydrogen) atoms. The SMILES string of the molecule is C[C@@H](N)c1ccc(Oc2ccc(C(C)(C)C)cc2)cn1. The number of rotatable bonds is 3. The molecule has 0 aliphatic carbocycles. The van der Waals surface area contributed by atoms with E-state index in [1.807, 2.05) is 31.2 Å². The van der Waals surface area contributed by atoms with Crippen molar-refractivity contribution in [2.75, 3.05) is 0 Å². The number of ether oxygens (including phenoxy) is 1. The Kier molecular flexibility index (Phi) is 4.09. The minimum atomic E-state index is -0.0601. The lowest BCUT2D eigenvalue weighted by Crippen LogP contribution is -2.10. The number of aromatic nitrogens is 1. The van der Waals surface area contributed by atoms with Crippen LogP contribution >= 0.6 is 0 Å². The third-order valence-electron chi connectivity index (χ3n) is 3.18. The zero-order chi connectivity index (χ0) is 14.8. The van der Waals surface area contributed by atoms with E-state index in [4.69, 9.17) is 10.5 Å². The van der Waals surface area contributed by atoms with Gasteiger partial charge >= 0.3 is 0 Å². The van der Waals surface area contributed by atoms with Crippen molar-refractivity contribution in [3.05, 3.63) is 53.9 Å². The molecule has 0 spiro atoms. The summed E-state index contributed by atoms with van der Waals surface area (Å²) in [6.07, 6.45) is 1.70. The fourth-order valence-corrected chi connectivity index (χ4v) is 1.88. The molecule has 0 saturated heterocycles. The summed E-state index contributed by atoms with van der Waals surface area (Å²) in [6, 6.07) is 11.9. The molecule has 2 aromatic rings. The maximum Gasteiger partial charge on any atom is 0.145 e. The highest BCUT2D eigenvalue weighted by molar-refractivity contribution is 5.34. The average Bonchev–Trinajstić information content (AvgIpc) is 2.39. The number of nitrogens with zero attached hydrogens (tertiary/aromatic N) is 1. The van der Waals surface area contributed by atoms with Crippen LogP contribution in [0.3, 0.4) is 0 Å². The van der Waals surface area contributed by atoms with Crippen molar-refractivity contribution < 1.29 is 4.74 Å². The van der Waals surface area contributed by atoms with Crippen LogP contribution in [0.25, 0.3) is 0 Å². The van der Waals surface area contributed by atoms with E-state index in [2.05, 4.69) is 37.9 Å². The second-order valence-corrected chi connectivity index (χ2v) is 6.08. The van der Waals surface area contributed by atoms with Crippen LogP contribution in [-0.4, -0.2) is 4.98 Å². The number of hydrogen-bond acceptors (Lipinski definition) is 3. The van der Waals surface area contributed by atoms with Crippen LogP contribution in [-0.2, 0) is 5.41 Å². The second kappa shape index (κ2) is 5.63. The van der Waals surface area contributed by atoms with Gasteiger partial charge in [-0.05, 0) is 42.2 Å². The Morgan fingerprint density at radius 1 is 1.00 bits per heavy atom. The van der Waals surface area contributed by atoms with Crippen molar-refractivity contribution in [1.82, 2.24) is 4.98 Å². The Labute approximate surface area is 120 Å². The number of hydrogen-bond donors (Lipinski definition) is 1. The zero-order valence-corrected chi connectivity index (χ0v) is 12.6. The van der Waals surface area contributed by atoms with Crippen LogP contribution in [0.2, 0.25) is 0 Å². The van der Waals surface area contributed by atoms with E-state index in [1.165, 1.54) is 5.56 Å². The third-order valence-corrected chi connectivity index (χ3v) is 3.18. The van der Waals surface area contributed by atoms with Crippen LogP contribution < -0.4 is 10.5 Å². The third kappa shape index (κ3) is 3.58. The van der Waals surface area contributed by atoms with Gasteiger partial charge in [-0.25, -0.2) is 0 Å². The van der Waals surface area contributed by atoms with E-state index in [-0.39, 0.29) is 11.5 Å². The lowest BCUT2D eigenvalue weighted by molar-refractivity contribution is 0.478. The molecular weight excluding hydrogens is 248 g/mol. The molecule has 0 radical (unpaired) electrons. The minimum Gasteiger partial charge on any atom is -0.456 e. The van der Waals surface area contributed by atoms with Gasteiger partial charge in [0.15, 0.2) is 0 Å². The van der Waals surface area contributed by atoms with Gasteiger partial charge in [0.1, 0.15) is 11.5 Å². The molecule has 0 aliphatic rings. The van der Waals surface area contributed by atoms with Gasteiger partial charge in [0.05, 0.1) is 11.9 Å². The van der Waals surface area contributed by atoms with Crippen molar-refractivity contribution >= 4 is 0 Å². The Bertz CT molecular complexity index is 551. The Balaban J connectivity index is 2.10. The average molecular weight is 270 g/mol. The van der Waals surface area contributed by atoms with E-state index in [0.717, 1.165) is 17.2 Å². The number of pyridine rings is 1. The van der Waals surface area contributed by atoms with Gasteiger partial charge in [-0.2, -0.15) is 0 Å². The second-order valence-electron chi connectivity index (χ2n) is 6.08. The highest BCUT2D eigenvalue weighted by Gasteiger charge is 2.13. The molecule has 1 aromatic heterocycles. The van der Waals surface area contributed by atoms with Crippen LogP contribution in [0.1, 0.15) is 45.0 Å². The van der Waals surface area contributed by atoms with Crippen molar-refractivity contribution in [1.29, 1.82) is 0 Å². The summed E-state index contributed by atoms with van der Waals surface area (Å²) in [4.78, 5) is 4.28. The molecule has 0 fully saturated rings. The summed E-state index contributed by atoms with van der Waals surface area (Å²) in [7, 11) is 0. The van der Waals surface area contributed by atoms with Crippen LogP contribution in [0, 0.1) is 0 Å². The maximum atomic E-state index is 5.78. The van der Waals surface area contributed by atoms with E-state index >= 15 is 0 Å². The molecule has 2 rings (SSSR count). The molecule has 3 heteroatoms. The largest absolute Gasteiger partial charge is 0.456 e. The monoisotopic (exact) mass is 270 g/mol. The van der Waals surface area contributed by atoms with Crippen LogP contribution in [0.4, 0.5) is 0 Å². The predicted octanol–water partition coefficient (Wildman–Crippen LogP) is 4.19. The van der Waals surface area contributed by atoms with Crippen molar-refractivity contribution in [2.45, 2.75) is 39.2 Å². The summed E-state index contributed by atoms with van der Waals surface area (Å²) in [5.74, 6) is 1.53. The molecule has 0 unspecified atom stereocenters.